The third kappa shape index (κ3) is 16.8. The summed E-state index contributed by atoms with van der Waals surface area (Å²) in [7, 11) is 0. The number of ether oxygens (including phenoxy) is 1. The van der Waals surface area contributed by atoms with E-state index in [1.54, 1.807) is 0 Å². The van der Waals surface area contributed by atoms with Crippen LogP contribution in [0.4, 0.5) is 9.59 Å². The van der Waals surface area contributed by atoms with E-state index in [0.717, 1.165) is 12.8 Å². The Morgan fingerprint density at radius 1 is 0.944 bits per heavy atom. The van der Waals surface area contributed by atoms with Gasteiger partial charge in [0.2, 0.25) is 0 Å². The molecule has 0 N–H and O–H groups in total. The second-order valence-corrected chi connectivity index (χ2v) is 2.61. The molecule has 0 saturated carbocycles. The summed E-state index contributed by atoms with van der Waals surface area (Å²) < 4.78 is 2.86. The van der Waals surface area contributed by atoms with E-state index in [1.807, 2.05) is 24.3 Å². The van der Waals surface area contributed by atoms with Gasteiger partial charge >= 0.3 is 21.7 Å². The van der Waals surface area contributed by atoms with Gasteiger partial charge in [0.05, 0.1) is 0 Å². The molecule has 0 aromatic rings. The Labute approximate surface area is 120 Å². The van der Waals surface area contributed by atoms with Crippen LogP contribution in [0.2, 0.25) is 0 Å². The molecule has 6 heteroatoms. The molecule has 0 heterocycles. The molecule has 0 radical (unpaired) electrons. The van der Waals surface area contributed by atoms with Crippen LogP contribution in [0.25, 0.3) is 0 Å². The molecule has 2 aliphatic carbocycles. The van der Waals surface area contributed by atoms with Crippen LogP contribution in [0.1, 0.15) is 12.8 Å². The molecule has 0 unspecified atom stereocenters. The quantitative estimate of drug-likeness (QED) is 0.276. The van der Waals surface area contributed by atoms with Crippen molar-refractivity contribution in [3.63, 3.8) is 0 Å². The van der Waals surface area contributed by atoms with E-state index in [9.17, 15) is 0 Å². The summed E-state index contributed by atoms with van der Waals surface area (Å²) in [4.78, 5) is 18.1. The topological polar surface area (TPSA) is 89.5 Å². The molecule has 2 aliphatic rings. The number of hydrogen-bond donors (Lipinski definition) is 0. The van der Waals surface area contributed by atoms with Gasteiger partial charge in [-0.25, -0.2) is 24.3 Å². The fourth-order valence-electron chi connectivity index (χ4n) is 0.748. The number of rotatable bonds is 0. The number of carbonyl (C=O) groups excluding carboxylic acids is 2. The molecule has 0 fully saturated rings. The van der Waals surface area contributed by atoms with Crippen LogP contribution in [0.3, 0.4) is 0 Å². The Morgan fingerprint density at radius 2 is 1.33 bits per heavy atom. The minimum atomic E-state index is -2.12. The van der Waals surface area contributed by atoms with Gasteiger partial charge < -0.3 is 24.5 Å². The van der Waals surface area contributed by atoms with E-state index in [0.29, 0.717) is 0 Å². The van der Waals surface area contributed by atoms with E-state index in [1.165, 1.54) is 0 Å². The van der Waals surface area contributed by atoms with Crippen molar-refractivity contribution in [2.45, 2.75) is 12.8 Å². The van der Waals surface area contributed by atoms with Gasteiger partial charge in [-0.15, -0.1) is 12.8 Å². The Balaban J connectivity index is 0. The molecule has 0 amide bonds. The zero-order valence-electron chi connectivity index (χ0n) is 9.42. The molecule has 0 aromatic carbocycles. The normalized spacial score (nSPS) is 12.7. The van der Waals surface area contributed by atoms with Gasteiger partial charge in [0.1, 0.15) is 0 Å². The van der Waals surface area contributed by atoms with Crippen molar-refractivity contribution in [1.82, 2.24) is 0 Å². The molecular formula is C12H10O5Ti. The van der Waals surface area contributed by atoms with Gasteiger partial charge in [0.25, 0.3) is 12.3 Å². The van der Waals surface area contributed by atoms with Crippen LogP contribution < -0.4 is 10.2 Å². The molecule has 5 nitrogen and oxygen atoms in total. The minimum absolute atomic E-state index is 0. The summed E-state index contributed by atoms with van der Waals surface area (Å²) in [5, 5.41) is 18.1. The second kappa shape index (κ2) is 13.5. The molecule has 92 valence electrons. The van der Waals surface area contributed by atoms with Crippen molar-refractivity contribution in [2.75, 3.05) is 0 Å². The van der Waals surface area contributed by atoms with Crippen LogP contribution in [-0.4, -0.2) is 12.3 Å². The third-order valence-electron chi connectivity index (χ3n) is 1.34. The summed E-state index contributed by atoms with van der Waals surface area (Å²) in [5.41, 5.74) is 0. The van der Waals surface area contributed by atoms with Gasteiger partial charge in [-0.05, 0) is 0 Å². The molecule has 0 atom stereocenters. The van der Waals surface area contributed by atoms with E-state index in [4.69, 9.17) is 19.8 Å². The van der Waals surface area contributed by atoms with Gasteiger partial charge in [-0.3, -0.25) is 12.2 Å². The van der Waals surface area contributed by atoms with E-state index in [-0.39, 0.29) is 21.7 Å². The summed E-state index contributed by atoms with van der Waals surface area (Å²) in [6, 6.07) is 0. The van der Waals surface area contributed by atoms with Crippen molar-refractivity contribution in [3.05, 3.63) is 48.6 Å². The molecule has 0 bridgehead atoms. The monoisotopic (exact) mass is 282 g/mol. The molecule has 18 heavy (non-hydrogen) atoms. The van der Waals surface area contributed by atoms with E-state index < -0.39 is 12.3 Å². The Morgan fingerprint density at radius 3 is 1.39 bits per heavy atom. The van der Waals surface area contributed by atoms with Crippen LogP contribution in [0.15, 0.2) is 36.5 Å². The van der Waals surface area contributed by atoms with Crippen LogP contribution in [-0.2, 0) is 26.5 Å². The minimum Gasteiger partial charge on any atom is -0.483 e. The summed E-state index contributed by atoms with van der Waals surface area (Å²) >= 11 is 0. The predicted octanol–water partition coefficient (Wildman–Crippen LogP) is 0.298. The van der Waals surface area contributed by atoms with Crippen LogP contribution >= 0.6 is 0 Å². The van der Waals surface area contributed by atoms with Gasteiger partial charge in [-0.2, -0.15) is 12.2 Å². The van der Waals surface area contributed by atoms with Gasteiger partial charge in [0.15, 0.2) is 0 Å². The summed E-state index contributed by atoms with van der Waals surface area (Å²) in [5.74, 6) is 0. The maximum absolute atomic E-state index is 9.06. The fraction of sp³-hybridized carbons (Fsp3) is 0.167. The third-order valence-corrected chi connectivity index (χ3v) is 1.34. The Kier molecular flexibility index (Phi) is 14.1. The zero-order chi connectivity index (χ0) is 12.9. The smallest absolute Gasteiger partial charge is 0.483 e. The van der Waals surface area contributed by atoms with Gasteiger partial charge in [-0.1, -0.05) is 0 Å². The van der Waals surface area contributed by atoms with Crippen molar-refractivity contribution >= 4 is 12.3 Å². The average molecular weight is 282 g/mol. The number of carboxylic acid groups (broad SMARTS) is 2. The molecular weight excluding hydrogens is 272 g/mol. The predicted molar refractivity (Wildman–Crippen MR) is 55.0 cm³/mol. The molecule has 2 rings (SSSR count). The molecule has 0 spiro atoms. The Bertz CT molecular complexity index is 301. The maximum Gasteiger partial charge on any atom is 4.00 e. The summed E-state index contributed by atoms with van der Waals surface area (Å²) in [6.45, 7) is 0. The number of allylic oxidation sites excluding steroid dienone is 8. The zero-order valence-corrected chi connectivity index (χ0v) is 11.0. The Hall–Kier alpha value is -1.59. The summed E-state index contributed by atoms with van der Waals surface area (Å²) in [6.07, 6.45) is 15.8. The molecule has 0 aromatic heterocycles. The SMILES string of the molecule is O=C([O-])OC(=O)[O-].[C-]1=CC=CC1.[C-]1=CC=CC1.[Ti+4]. The molecule has 0 saturated heterocycles. The van der Waals surface area contributed by atoms with Crippen molar-refractivity contribution in [2.24, 2.45) is 0 Å². The average Bonchev–Trinajstić information content (AvgIpc) is 2.96. The van der Waals surface area contributed by atoms with Crippen LogP contribution in [0, 0.1) is 12.2 Å². The van der Waals surface area contributed by atoms with Crippen molar-refractivity contribution in [3.8, 4) is 0 Å². The van der Waals surface area contributed by atoms with Gasteiger partial charge in [0, 0.05) is 0 Å². The first-order valence-electron chi connectivity index (χ1n) is 4.66. The fourth-order valence-corrected chi connectivity index (χ4v) is 0.748. The first-order valence-corrected chi connectivity index (χ1v) is 4.66. The van der Waals surface area contributed by atoms with Crippen LogP contribution in [0.5, 0.6) is 0 Å². The van der Waals surface area contributed by atoms with E-state index in [2.05, 4.69) is 29.0 Å². The first kappa shape index (κ1) is 18.8. The second-order valence-electron chi connectivity index (χ2n) is 2.61. The van der Waals surface area contributed by atoms with Crippen molar-refractivity contribution in [1.29, 1.82) is 0 Å². The molecule has 0 aliphatic heterocycles. The standard InChI is InChI=1S/2C5H5.C2H2O5.Ti/c2*1-2-4-5-3-1;3-1(4)7-2(5)6;/h2*1-3H,4H2;(H,3,4)(H,5,6);/q2*-1;;+4/p-2. The first-order chi connectivity index (χ1) is 8.13. The van der Waals surface area contributed by atoms with Crippen molar-refractivity contribution < 1.29 is 46.3 Å². The largest absolute Gasteiger partial charge is 4.00 e. The number of carbonyl (C=O) groups is 2. The van der Waals surface area contributed by atoms with E-state index >= 15 is 0 Å². The maximum atomic E-state index is 9.06. The number of hydrogen-bond acceptors (Lipinski definition) is 5.